The van der Waals surface area contributed by atoms with Crippen LogP contribution < -0.4 is 11.2 Å². The molecule has 35 heavy (non-hydrogen) atoms. The lowest BCUT2D eigenvalue weighted by atomic mass is 10.1. The molecule has 1 atom stereocenters. The van der Waals surface area contributed by atoms with Crippen molar-refractivity contribution in [2.24, 2.45) is 13.0 Å². The van der Waals surface area contributed by atoms with Crippen molar-refractivity contribution in [3.63, 3.8) is 0 Å². The molecule has 1 aliphatic rings. The van der Waals surface area contributed by atoms with E-state index in [1.54, 1.807) is 0 Å². The van der Waals surface area contributed by atoms with Crippen LogP contribution in [0.25, 0.3) is 10.9 Å². The summed E-state index contributed by atoms with van der Waals surface area (Å²) in [6.07, 6.45) is 1.52. The number of benzene rings is 1. The molecule has 1 saturated heterocycles. The summed E-state index contributed by atoms with van der Waals surface area (Å²) < 4.78 is 17.6. The summed E-state index contributed by atoms with van der Waals surface area (Å²) in [6.45, 7) is 5.40. The Morgan fingerprint density at radius 3 is 2.66 bits per heavy atom. The van der Waals surface area contributed by atoms with Crippen molar-refractivity contribution in [2.45, 2.75) is 39.5 Å². The van der Waals surface area contributed by atoms with Crippen molar-refractivity contribution >= 4 is 16.8 Å². The Morgan fingerprint density at radius 2 is 2.06 bits per heavy atom. The fraction of sp³-hybridized carbons (Fsp3) is 0.417. The summed E-state index contributed by atoms with van der Waals surface area (Å²) in [7, 11) is 1.34. The van der Waals surface area contributed by atoms with E-state index in [9.17, 15) is 29.1 Å². The van der Waals surface area contributed by atoms with E-state index in [0.717, 1.165) is 15.7 Å². The first kappa shape index (κ1) is 24.4. The molecule has 2 aromatic heterocycles. The van der Waals surface area contributed by atoms with Crippen LogP contribution in [-0.4, -0.2) is 48.5 Å². The number of halogens is 1. The number of hydrogen-bond acceptors (Lipinski definition) is 6. The summed E-state index contributed by atoms with van der Waals surface area (Å²) in [5.41, 5.74) is -1.73. The van der Waals surface area contributed by atoms with Crippen molar-refractivity contribution in [2.75, 3.05) is 13.2 Å². The molecule has 10 nitrogen and oxygen atoms in total. The Morgan fingerprint density at radius 1 is 1.34 bits per heavy atom. The minimum atomic E-state index is -1.27. The molecule has 4 rings (SSSR count). The van der Waals surface area contributed by atoms with Crippen LogP contribution in [-0.2, 0) is 25.0 Å². The first-order valence-corrected chi connectivity index (χ1v) is 11.1. The van der Waals surface area contributed by atoms with Gasteiger partial charge in [-0.05, 0) is 30.5 Å². The van der Waals surface area contributed by atoms with Crippen molar-refractivity contribution < 1.29 is 19.1 Å². The average Bonchev–Trinajstić information content (AvgIpc) is 3.35. The number of carbonyl (C=O) groups is 1. The second kappa shape index (κ2) is 8.79. The maximum Gasteiger partial charge on any atom is 0.331 e. The third kappa shape index (κ3) is 4.38. The van der Waals surface area contributed by atoms with Crippen LogP contribution in [0.1, 0.15) is 42.4 Å². The summed E-state index contributed by atoms with van der Waals surface area (Å²) >= 11 is 0. The molecule has 3 heterocycles. The fourth-order valence-electron chi connectivity index (χ4n) is 4.23. The number of nitrogens with zero attached hydrogens (tertiary/aromatic N) is 5. The van der Waals surface area contributed by atoms with Gasteiger partial charge in [0.1, 0.15) is 23.7 Å². The van der Waals surface area contributed by atoms with Crippen LogP contribution in [0.5, 0.6) is 0 Å². The molecule has 1 amide bonds. The van der Waals surface area contributed by atoms with Crippen LogP contribution in [0.4, 0.5) is 4.39 Å². The van der Waals surface area contributed by atoms with Gasteiger partial charge in [-0.2, -0.15) is 5.26 Å². The second-order valence-corrected chi connectivity index (χ2v) is 9.54. The molecule has 0 radical (unpaired) electrons. The third-order valence-electron chi connectivity index (χ3n) is 5.91. The van der Waals surface area contributed by atoms with Gasteiger partial charge in [0.2, 0.25) is 0 Å². The molecule has 1 unspecified atom stereocenters. The van der Waals surface area contributed by atoms with Gasteiger partial charge in [-0.1, -0.05) is 19.9 Å². The highest BCUT2D eigenvalue weighted by Gasteiger charge is 2.38. The number of amides is 1. The first-order valence-electron chi connectivity index (χ1n) is 11.1. The van der Waals surface area contributed by atoms with E-state index < -0.39 is 28.6 Å². The van der Waals surface area contributed by atoms with E-state index in [0.29, 0.717) is 12.1 Å². The van der Waals surface area contributed by atoms with Gasteiger partial charge in [-0.25, -0.2) is 14.2 Å². The minimum Gasteiger partial charge on any atom is -0.386 e. The maximum atomic E-state index is 13.7. The topological polar surface area (TPSA) is 122 Å². The molecule has 0 saturated carbocycles. The smallest absolute Gasteiger partial charge is 0.331 e. The molecule has 1 N–H and O–H groups in total. The van der Waals surface area contributed by atoms with Crippen molar-refractivity contribution in [3.8, 4) is 6.07 Å². The molecule has 0 bridgehead atoms. The number of hydroxylamine groups is 2. The predicted molar refractivity (Wildman–Crippen MR) is 124 cm³/mol. The fourth-order valence-corrected chi connectivity index (χ4v) is 4.23. The number of hydrogen-bond donors (Lipinski definition) is 1. The summed E-state index contributed by atoms with van der Waals surface area (Å²) in [5.74, 6) is -1.19. The summed E-state index contributed by atoms with van der Waals surface area (Å²) in [6, 6.07) is 5.67. The molecule has 1 aromatic carbocycles. The number of carbonyl (C=O) groups excluding carboxylic acids is 1. The van der Waals surface area contributed by atoms with E-state index in [1.807, 2.05) is 19.9 Å². The monoisotopic (exact) mass is 483 g/mol. The van der Waals surface area contributed by atoms with Crippen LogP contribution in [0.2, 0.25) is 0 Å². The van der Waals surface area contributed by atoms with Gasteiger partial charge in [-0.15, -0.1) is 0 Å². The van der Waals surface area contributed by atoms with E-state index >= 15 is 0 Å². The van der Waals surface area contributed by atoms with E-state index in [2.05, 4.69) is 0 Å². The highest BCUT2D eigenvalue weighted by atomic mass is 19.1. The zero-order valence-electron chi connectivity index (χ0n) is 19.9. The zero-order valence-corrected chi connectivity index (χ0v) is 19.9. The lowest BCUT2D eigenvalue weighted by Crippen LogP contribution is -2.40. The van der Waals surface area contributed by atoms with E-state index in [-0.39, 0.29) is 47.8 Å². The normalized spacial score (nSPS) is 17.9. The number of β-amino-alcohol motifs (C(OH)–C–C–N with tert-alkyl or cyclic N) is 1. The molecule has 11 heteroatoms. The van der Waals surface area contributed by atoms with Crippen molar-refractivity contribution in [3.05, 3.63) is 67.9 Å². The maximum absolute atomic E-state index is 13.7. The molecular formula is C24H26FN5O5. The highest BCUT2D eigenvalue weighted by molar-refractivity contribution is 6.05. The highest BCUT2D eigenvalue weighted by Crippen LogP contribution is 2.25. The molecular weight excluding hydrogens is 457 g/mol. The quantitative estimate of drug-likeness (QED) is 0.585. The predicted octanol–water partition coefficient (Wildman–Crippen LogP) is 1.36. The number of aliphatic hydroxyl groups is 1. The SMILES string of the molecule is CC(C)Cn1c(=O)n(C)c(=O)c2c(C(=O)N3CC(C)(O)CO3)n(Cc3ccc(F)cc3C#N)cc21. The number of fused-ring (bicyclic) bond motifs is 1. The molecule has 1 fully saturated rings. The Balaban J connectivity index is 1.99. The largest absolute Gasteiger partial charge is 0.386 e. The Bertz CT molecular complexity index is 1490. The van der Waals surface area contributed by atoms with Crippen LogP contribution in [0.15, 0.2) is 34.0 Å². The minimum absolute atomic E-state index is 0.0218. The average molecular weight is 484 g/mol. The van der Waals surface area contributed by atoms with Crippen LogP contribution in [0, 0.1) is 23.1 Å². The Kier molecular flexibility index (Phi) is 6.12. The van der Waals surface area contributed by atoms with Crippen LogP contribution >= 0.6 is 0 Å². The Labute approximate surface area is 199 Å². The molecule has 0 spiro atoms. The van der Waals surface area contributed by atoms with Gasteiger partial charge in [0.25, 0.3) is 11.5 Å². The lowest BCUT2D eigenvalue weighted by molar-refractivity contribution is -0.0801. The summed E-state index contributed by atoms with van der Waals surface area (Å²) in [5, 5.41) is 20.8. The standard InChI is InChI=1S/C24H26FN5O5/c1-14(2)9-29-18-11-28(10-15-5-6-17(25)7-16(15)8-26)20(19(18)21(31)27(4)23(29)33)22(32)30-12-24(3,34)13-35-30/h5-7,11,14,34H,9-10,12-13H2,1-4H3. The molecule has 184 valence electrons. The first-order chi connectivity index (χ1) is 16.4. The number of aromatic nitrogens is 3. The van der Waals surface area contributed by atoms with Gasteiger partial charge in [0.15, 0.2) is 0 Å². The third-order valence-corrected chi connectivity index (χ3v) is 5.91. The summed E-state index contributed by atoms with van der Waals surface area (Å²) in [4.78, 5) is 45.2. The van der Waals surface area contributed by atoms with Crippen LogP contribution in [0.3, 0.4) is 0 Å². The Hall–Kier alpha value is -3.75. The molecule has 3 aromatic rings. The van der Waals surface area contributed by atoms with Gasteiger partial charge in [0, 0.05) is 26.3 Å². The van der Waals surface area contributed by atoms with E-state index in [4.69, 9.17) is 4.84 Å². The van der Waals surface area contributed by atoms with Crippen molar-refractivity contribution in [1.82, 2.24) is 18.8 Å². The lowest BCUT2D eigenvalue weighted by Gasteiger charge is -2.18. The van der Waals surface area contributed by atoms with Gasteiger partial charge in [0.05, 0.1) is 29.1 Å². The second-order valence-electron chi connectivity index (χ2n) is 9.54. The van der Waals surface area contributed by atoms with Crippen molar-refractivity contribution in [1.29, 1.82) is 5.26 Å². The number of nitriles is 1. The number of rotatable bonds is 5. The molecule has 0 aliphatic carbocycles. The molecule has 1 aliphatic heterocycles. The van der Waals surface area contributed by atoms with Gasteiger partial charge in [-0.3, -0.25) is 23.6 Å². The van der Waals surface area contributed by atoms with Gasteiger partial charge >= 0.3 is 5.69 Å². The van der Waals surface area contributed by atoms with E-state index in [1.165, 1.54) is 41.4 Å². The zero-order chi connectivity index (χ0) is 25.7. The van der Waals surface area contributed by atoms with Gasteiger partial charge < -0.3 is 9.67 Å².